The van der Waals surface area contributed by atoms with E-state index in [-0.39, 0.29) is 19.0 Å². The minimum Gasteiger partial charge on any atom is -0.497 e. The second kappa shape index (κ2) is 33.4. The lowest BCUT2D eigenvalue weighted by molar-refractivity contribution is -0.114. The number of benzene rings is 6. The Hall–Kier alpha value is -14.0. The molecule has 0 fully saturated rings. The summed E-state index contributed by atoms with van der Waals surface area (Å²) >= 11 is 0. The molecule has 0 aliphatic heterocycles. The van der Waals surface area contributed by atoms with E-state index in [2.05, 4.69) is 65.6 Å². The number of carbonyl (C=O) groups excluding carboxylic acids is 1. The van der Waals surface area contributed by atoms with Gasteiger partial charge in [0.25, 0.3) is 0 Å². The number of aryl methyl sites for hydroxylation is 5. The molecule has 0 aliphatic rings. The van der Waals surface area contributed by atoms with Crippen molar-refractivity contribution < 1.29 is 38.3 Å². The molecule has 0 aliphatic carbocycles. The lowest BCUT2D eigenvalue weighted by Crippen LogP contribution is -2.32. The monoisotopic (exact) mass is 1470 g/mol. The number of aliphatic hydroxyl groups is 1. The largest absolute Gasteiger partial charge is 0.497 e. The molecular formula is C78H79N23O8. The molecule has 0 radical (unpaired) electrons. The van der Waals surface area contributed by atoms with Gasteiger partial charge in [-0.25, -0.2) is 29.6 Å². The van der Waals surface area contributed by atoms with E-state index < -0.39 is 6.10 Å². The second-order valence-electron chi connectivity index (χ2n) is 25.0. The minimum atomic E-state index is -0.749. The number of amides is 1. The molecule has 0 saturated carbocycles. The van der Waals surface area contributed by atoms with Crippen molar-refractivity contribution in [3.63, 3.8) is 0 Å². The van der Waals surface area contributed by atoms with Gasteiger partial charge >= 0.3 is 0 Å². The van der Waals surface area contributed by atoms with Gasteiger partial charge in [-0.05, 0) is 80.6 Å². The average molecular weight is 1470 g/mol. The number of hydrogen-bond donors (Lipinski definition) is 2. The SMILES string of the molecule is COc1cc(OC)cc(N(CC(=O)Nc2ccncc2)c2ccc3ncc(-c4cnn(C)c4)nc3c2)c1.COc1cc(OC)cc(N(CC(O)Cn2ncnc2C)c2ccc3ncc(-c4cnn(C)c4)nc3c2)c1.COc1cc(OC)cc(N(CCn2cnc(C)n2)c2ccc3ncc(-c4cnn(C)c4)nc3c2)c1. The van der Waals surface area contributed by atoms with Crippen LogP contribution in [0, 0.1) is 13.8 Å². The van der Waals surface area contributed by atoms with Crippen molar-refractivity contribution in [2.75, 3.05) is 82.3 Å². The van der Waals surface area contributed by atoms with Gasteiger partial charge in [-0.1, -0.05) is 0 Å². The quantitative estimate of drug-likeness (QED) is 0.0537. The molecule has 109 heavy (non-hydrogen) atoms. The number of methoxy groups -OCH3 is 6. The summed E-state index contributed by atoms with van der Waals surface area (Å²) in [6, 6.07) is 38.0. The number of aliphatic hydroxyl groups excluding tert-OH is 1. The number of hydrogen-bond acceptors (Lipinski definition) is 25. The smallest absolute Gasteiger partial charge is 0.244 e. The fraction of sp³-hybridized carbons (Fsp3) is 0.218. The fourth-order valence-corrected chi connectivity index (χ4v) is 12.0. The van der Waals surface area contributed by atoms with Crippen molar-refractivity contribution in [3.8, 4) is 68.3 Å². The first-order valence-corrected chi connectivity index (χ1v) is 34.4. The fourth-order valence-electron chi connectivity index (χ4n) is 12.0. The van der Waals surface area contributed by atoms with Gasteiger partial charge in [0.1, 0.15) is 65.3 Å². The van der Waals surface area contributed by atoms with Crippen molar-refractivity contribution in [1.82, 2.24) is 93.8 Å². The van der Waals surface area contributed by atoms with Crippen LogP contribution in [-0.2, 0) is 39.0 Å². The Morgan fingerprint density at radius 2 is 0.881 bits per heavy atom. The van der Waals surface area contributed by atoms with Gasteiger partial charge in [-0.3, -0.25) is 43.5 Å². The third kappa shape index (κ3) is 17.9. The maximum absolute atomic E-state index is 13.1. The first kappa shape index (κ1) is 73.3. The molecule has 0 saturated heterocycles. The first-order chi connectivity index (χ1) is 53.0. The van der Waals surface area contributed by atoms with Crippen LogP contribution in [0.4, 0.5) is 39.8 Å². The zero-order valence-electron chi connectivity index (χ0n) is 61.8. The van der Waals surface area contributed by atoms with Crippen molar-refractivity contribution in [3.05, 3.63) is 214 Å². The highest BCUT2D eigenvalue weighted by Gasteiger charge is 2.23. The van der Waals surface area contributed by atoms with Gasteiger partial charge in [0, 0.05) is 170 Å². The van der Waals surface area contributed by atoms with Gasteiger partial charge in [0.2, 0.25) is 5.91 Å². The molecule has 31 nitrogen and oxygen atoms in total. The summed E-state index contributed by atoms with van der Waals surface area (Å²) in [4.78, 5) is 59.8. The predicted octanol–water partition coefficient (Wildman–Crippen LogP) is 11.2. The molecule has 1 amide bonds. The summed E-state index contributed by atoms with van der Waals surface area (Å²) in [6.45, 7) is 5.61. The number of carbonyl (C=O) groups is 1. The van der Waals surface area contributed by atoms with Crippen molar-refractivity contribution in [2.45, 2.75) is 33.0 Å². The van der Waals surface area contributed by atoms with Crippen LogP contribution in [-0.4, -0.2) is 173 Å². The molecule has 15 rings (SSSR count). The number of pyridine rings is 1. The van der Waals surface area contributed by atoms with Crippen LogP contribution >= 0.6 is 0 Å². The van der Waals surface area contributed by atoms with E-state index in [0.717, 1.165) is 101 Å². The van der Waals surface area contributed by atoms with E-state index in [1.165, 1.54) is 6.33 Å². The molecule has 15 aromatic rings. The molecule has 2 N–H and O–H groups in total. The maximum Gasteiger partial charge on any atom is 0.244 e. The molecule has 9 heterocycles. The third-order valence-electron chi connectivity index (χ3n) is 17.5. The number of rotatable bonds is 25. The van der Waals surface area contributed by atoms with Gasteiger partial charge in [0.05, 0.1) is 156 Å². The van der Waals surface area contributed by atoms with Crippen LogP contribution in [0.3, 0.4) is 0 Å². The highest BCUT2D eigenvalue weighted by atomic mass is 16.5. The zero-order chi connectivity index (χ0) is 76.1. The second-order valence-corrected chi connectivity index (χ2v) is 25.0. The summed E-state index contributed by atoms with van der Waals surface area (Å²) in [5.74, 6) is 5.17. The molecule has 554 valence electrons. The normalized spacial score (nSPS) is 11.3. The van der Waals surface area contributed by atoms with Gasteiger partial charge in [-0.15, -0.1) is 0 Å². The van der Waals surface area contributed by atoms with Gasteiger partial charge in [-0.2, -0.15) is 25.5 Å². The van der Waals surface area contributed by atoms with Gasteiger partial charge in [0.15, 0.2) is 0 Å². The van der Waals surface area contributed by atoms with Crippen LogP contribution in [0.25, 0.3) is 66.9 Å². The zero-order valence-corrected chi connectivity index (χ0v) is 61.8. The van der Waals surface area contributed by atoms with E-state index in [1.807, 2.05) is 171 Å². The Balaban J connectivity index is 0.000000144. The maximum atomic E-state index is 13.1. The number of anilines is 7. The Kier molecular flexibility index (Phi) is 22.5. The Bertz CT molecular complexity index is 5580. The van der Waals surface area contributed by atoms with Crippen LogP contribution in [0.15, 0.2) is 202 Å². The molecule has 9 aromatic heterocycles. The minimum absolute atomic E-state index is 0.0277. The first-order valence-electron chi connectivity index (χ1n) is 34.4. The lowest BCUT2D eigenvalue weighted by Gasteiger charge is -2.28. The summed E-state index contributed by atoms with van der Waals surface area (Å²) in [7, 11) is 15.3. The Labute approximate surface area is 626 Å². The molecule has 6 aromatic carbocycles. The van der Waals surface area contributed by atoms with Crippen LogP contribution in [0.1, 0.15) is 11.6 Å². The summed E-state index contributed by atoms with van der Waals surface area (Å²) in [6.07, 6.45) is 22.0. The summed E-state index contributed by atoms with van der Waals surface area (Å²) in [5.41, 5.74) is 15.0. The number of fused-ring (bicyclic) bond motifs is 3. The Morgan fingerprint density at radius 3 is 1.27 bits per heavy atom. The molecule has 31 heteroatoms. The molecule has 1 unspecified atom stereocenters. The standard InChI is InChI=1S/C27H25N7O3.C26H28N8O3.C25H26N8O2/c1-33-16-18(14-30-33)26-15-29-24-5-4-20(12-25(24)32-26)34(17-27(35)31-19-6-8-28-9-7-19)21-10-22(36-2)13-23(11-21)37-3;1-17-28-16-30-34(17)15-21(35)14-33(20-7-22(36-3)10-23(8-20)37-4)19-5-6-24-25(9-19)31-26(12-27-24)18-11-29-32(2)13-18;1-17-27-16-32(30-17)7-8-33(20-9-21(34-3)12-22(10-20)35-4)19-5-6-23-24(11-19)29-25(14-26-23)18-13-28-31(2)15-18/h4-16H,17H2,1-3H3,(H,28,31,35);5-13,16,21,35H,14-15H2,1-4H3;5-6,9-16H,7-8H2,1-4H3. The van der Waals surface area contributed by atoms with Crippen LogP contribution in [0.2, 0.25) is 0 Å². The average Bonchev–Trinajstić information content (AvgIpc) is 0.839. The van der Waals surface area contributed by atoms with E-state index in [0.29, 0.717) is 71.0 Å². The highest BCUT2D eigenvalue weighted by molar-refractivity contribution is 5.96. The van der Waals surface area contributed by atoms with E-state index in [4.69, 9.17) is 43.4 Å². The topological polar surface area (TPSA) is 320 Å². The molecule has 1 atom stereocenters. The Morgan fingerprint density at radius 1 is 0.468 bits per heavy atom. The highest BCUT2D eigenvalue weighted by Crippen LogP contribution is 2.38. The predicted molar refractivity (Wildman–Crippen MR) is 413 cm³/mol. The van der Waals surface area contributed by atoms with Crippen molar-refractivity contribution in [2.24, 2.45) is 21.1 Å². The molecule has 0 bridgehead atoms. The van der Waals surface area contributed by atoms with E-state index in [9.17, 15) is 9.90 Å². The number of nitrogens with zero attached hydrogens (tertiary/aromatic N) is 22. The number of ether oxygens (including phenoxy) is 6. The third-order valence-corrected chi connectivity index (χ3v) is 17.5. The van der Waals surface area contributed by atoms with Crippen LogP contribution < -0.4 is 48.4 Å². The number of nitrogens with one attached hydrogen (secondary N) is 1. The van der Waals surface area contributed by atoms with Gasteiger partial charge < -0.3 is 53.5 Å². The number of aromatic nitrogens is 19. The van der Waals surface area contributed by atoms with E-state index >= 15 is 0 Å². The van der Waals surface area contributed by atoms with Crippen LogP contribution in [0.5, 0.6) is 34.5 Å². The van der Waals surface area contributed by atoms with E-state index in [1.54, 1.807) is 135 Å². The summed E-state index contributed by atoms with van der Waals surface area (Å²) < 4.78 is 41.7. The summed E-state index contributed by atoms with van der Waals surface area (Å²) in [5, 5.41) is 35.3. The molecule has 0 spiro atoms. The van der Waals surface area contributed by atoms with Crippen molar-refractivity contribution >= 4 is 78.8 Å². The van der Waals surface area contributed by atoms with Crippen molar-refractivity contribution in [1.29, 1.82) is 0 Å². The molecular weight excluding hydrogens is 1390 g/mol. The lowest BCUT2D eigenvalue weighted by atomic mass is 10.1.